The number of aliphatic hydroxyl groups excluding tert-OH is 1. The largest absolute Gasteiger partial charge is 0.394 e. The molecule has 0 saturated carbocycles. The van der Waals surface area contributed by atoms with Crippen LogP contribution in [0.2, 0.25) is 0 Å². The second-order valence-electron chi connectivity index (χ2n) is 5.03. The van der Waals surface area contributed by atoms with Crippen LogP contribution < -0.4 is 15.5 Å². The fourth-order valence-electron chi connectivity index (χ4n) is 1.82. The van der Waals surface area contributed by atoms with Gasteiger partial charge in [0.15, 0.2) is 0 Å². The Bertz CT molecular complexity index is 435. The van der Waals surface area contributed by atoms with Crippen LogP contribution in [0.15, 0.2) is 12.1 Å². The van der Waals surface area contributed by atoms with Crippen molar-refractivity contribution in [3.8, 4) is 0 Å². The van der Waals surface area contributed by atoms with E-state index in [1.54, 1.807) is 6.92 Å². The maximum atomic E-state index is 11.8. The zero-order valence-electron chi connectivity index (χ0n) is 12.2. The van der Waals surface area contributed by atoms with Crippen LogP contribution in [0.25, 0.3) is 0 Å². The van der Waals surface area contributed by atoms with E-state index in [2.05, 4.69) is 10.6 Å². The molecule has 2 amide bonds. The van der Waals surface area contributed by atoms with Crippen molar-refractivity contribution in [3.05, 3.63) is 23.3 Å². The summed E-state index contributed by atoms with van der Waals surface area (Å²) in [6.07, 6.45) is 0. The highest BCUT2D eigenvalue weighted by Gasteiger charge is 2.11. The van der Waals surface area contributed by atoms with Crippen molar-refractivity contribution in [3.63, 3.8) is 0 Å². The number of carbonyl (C=O) groups excluding carboxylic acids is 1. The van der Waals surface area contributed by atoms with E-state index < -0.39 is 0 Å². The molecule has 19 heavy (non-hydrogen) atoms. The standard InChI is InChI=1S/C14H23N3O2/c1-9-6-12(17(4)5)7-10(2)13(9)16-14(19)15-11(3)8-18/h6-7,11,18H,8H2,1-5H3,(H2,15,16,19)/t11-/m0/s1. The Hall–Kier alpha value is -1.75. The summed E-state index contributed by atoms with van der Waals surface area (Å²) in [7, 11) is 3.97. The Morgan fingerprint density at radius 1 is 1.32 bits per heavy atom. The van der Waals surface area contributed by atoms with Crippen molar-refractivity contribution < 1.29 is 9.90 Å². The van der Waals surface area contributed by atoms with Crippen molar-refractivity contribution in [2.75, 3.05) is 30.9 Å². The lowest BCUT2D eigenvalue weighted by Crippen LogP contribution is -2.38. The van der Waals surface area contributed by atoms with E-state index in [0.29, 0.717) is 0 Å². The van der Waals surface area contributed by atoms with E-state index in [4.69, 9.17) is 5.11 Å². The number of amides is 2. The summed E-state index contributed by atoms with van der Waals surface area (Å²) in [5.74, 6) is 0. The van der Waals surface area contributed by atoms with E-state index in [1.165, 1.54) is 0 Å². The maximum absolute atomic E-state index is 11.8. The zero-order valence-corrected chi connectivity index (χ0v) is 12.2. The molecular weight excluding hydrogens is 242 g/mol. The van der Waals surface area contributed by atoms with Gasteiger partial charge in [-0.2, -0.15) is 0 Å². The number of nitrogens with one attached hydrogen (secondary N) is 2. The molecule has 5 heteroatoms. The molecule has 0 aliphatic heterocycles. The molecule has 5 nitrogen and oxygen atoms in total. The lowest BCUT2D eigenvalue weighted by Gasteiger charge is -2.19. The van der Waals surface area contributed by atoms with Crippen molar-refractivity contribution in [2.24, 2.45) is 0 Å². The molecule has 0 aromatic heterocycles. The Morgan fingerprint density at radius 2 is 1.84 bits per heavy atom. The van der Waals surface area contributed by atoms with Crippen molar-refractivity contribution in [2.45, 2.75) is 26.8 Å². The number of carbonyl (C=O) groups is 1. The minimum absolute atomic E-state index is 0.0784. The highest BCUT2D eigenvalue weighted by molar-refractivity contribution is 5.91. The zero-order chi connectivity index (χ0) is 14.6. The van der Waals surface area contributed by atoms with Crippen molar-refractivity contribution >= 4 is 17.4 Å². The normalized spacial score (nSPS) is 11.9. The fourth-order valence-corrected chi connectivity index (χ4v) is 1.82. The first-order chi connectivity index (χ1) is 8.85. The molecule has 1 aromatic carbocycles. The van der Waals surface area contributed by atoms with Crippen molar-refractivity contribution in [1.82, 2.24) is 5.32 Å². The van der Waals surface area contributed by atoms with Crippen LogP contribution in [-0.4, -0.2) is 37.9 Å². The van der Waals surface area contributed by atoms with Gasteiger partial charge in [-0.15, -0.1) is 0 Å². The van der Waals surface area contributed by atoms with E-state index in [1.807, 2.05) is 45.0 Å². The summed E-state index contributed by atoms with van der Waals surface area (Å²) in [6.45, 7) is 5.59. The second-order valence-corrected chi connectivity index (χ2v) is 5.03. The van der Waals surface area contributed by atoms with E-state index in [0.717, 1.165) is 22.5 Å². The summed E-state index contributed by atoms with van der Waals surface area (Å²) in [6, 6.07) is 3.49. The molecular formula is C14H23N3O2. The topological polar surface area (TPSA) is 64.6 Å². The number of aryl methyl sites for hydroxylation is 2. The smallest absolute Gasteiger partial charge is 0.319 e. The number of nitrogens with zero attached hydrogens (tertiary/aromatic N) is 1. The molecule has 1 rings (SSSR count). The third-order valence-corrected chi connectivity index (χ3v) is 2.92. The van der Waals surface area contributed by atoms with E-state index in [9.17, 15) is 4.79 Å². The number of aliphatic hydroxyl groups is 1. The Labute approximate surface area is 114 Å². The Morgan fingerprint density at radius 3 is 2.26 bits per heavy atom. The highest BCUT2D eigenvalue weighted by atomic mass is 16.3. The number of benzene rings is 1. The molecule has 0 spiro atoms. The molecule has 0 fully saturated rings. The predicted molar refractivity (Wildman–Crippen MR) is 78.9 cm³/mol. The minimum atomic E-state index is -0.301. The van der Waals surface area contributed by atoms with Crippen LogP contribution in [0.3, 0.4) is 0 Å². The monoisotopic (exact) mass is 265 g/mol. The Kier molecular flexibility index (Phi) is 5.18. The lowest BCUT2D eigenvalue weighted by atomic mass is 10.1. The number of hydrogen-bond donors (Lipinski definition) is 3. The minimum Gasteiger partial charge on any atom is -0.394 e. The van der Waals surface area contributed by atoms with Gasteiger partial charge in [-0.1, -0.05) is 0 Å². The molecule has 3 N–H and O–H groups in total. The average molecular weight is 265 g/mol. The van der Waals surface area contributed by atoms with Gasteiger partial charge in [-0.3, -0.25) is 0 Å². The average Bonchev–Trinajstić information content (AvgIpc) is 2.33. The van der Waals surface area contributed by atoms with Crippen molar-refractivity contribution in [1.29, 1.82) is 0 Å². The van der Waals surface area contributed by atoms with Gasteiger partial charge in [0.2, 0.25) is 0 Å². The first kappa shape index (κ1) is 15.3. The summed E-state index contributed by atoms with van der Waals surface area (Å²) in [5.41, 5.74) is 3.93. The number of hydrogen-bond acceptors (Lipinski definition) is 3. The van der Waals surface area contributed by atoms with Gasteiger partial charge in [0, 0.05) is 25.5 Å². The molecule has 106 valence electrons. The SMILES string of the molecule is Cc1cc(N(C)C)cc(C)c1NC(=O)N[C@@H](C)CO. The summed E-state index contributed by atoms with van der Waals surface area (Å²) in [5, 5.41) is 14.4. The van der Waals surface area contributed by atoms with Gasteiger partial charge in [0.1, 0.15) is 0 Å². The third-order valence-electron chi connectivity index (χ3n) is 2.92. The van der Waals surface area contributed by atoms with E-state index in [-0.39, 0.29) is 18.7 Å². The number of rotatable bonds is 4. The molecule has 1 aromatic rings. The number of urea groups is 1. The third kappa shape index (κ3) is 4.13. The van der Waals surface area contributed by atoms with Gasteiger partial charge in [-0.05, 0) is 44.0 Å². The van der Waals surface area contributed by atoms with Crippen LogP contribution in [0.4, 0.5) is 16.2 Å². The van der Waals surface area contributed by atoms with Crippen LogP contribution in [0, 0.1) is 13.8 Å². The molecule has 0 unspecified atom stereocenters. The summed E-state index contributed by atoms with van der Waals surface area (Å²) < 4.78 is 0. The highest BCUT2D eigenvalue weighted by Crippen LogP contribution is 2.26. The summed E-state index contributed by atoms with van der Waals surface area (Å²) in [4.78, 5) is 13.8. The molecule has 0 saturated heterocycles. The van der Waals surface area contributed by atoms with Gasteiger partial charge in [0.25, 0.3) is 0 Å². The maximum Gasteiger partial charge on any atom is 0.319 e. The molecule has 0 bridgehead atoms. The predicted octanol–water partition coefficient (Wildman–Crippen LogP) is 1.87. The quantitative estimate of drug-likeness (QED) is 0.778. The lowest BCUT2D eigenvalue weighted by molar-refractivity contribution is 0.229. The van der Waals surface area contributed by atoms with Crippen LogP contribution in [0.5, 0.6) is 0 Å². The summed E-state index contributed by atoms with van der Waals surface area (Å²) >= 11 is 0. The second kappa shape index (κ2) is 6.43. The van der Waals surface area contributed by atoms with Gasteiger partial charge >= 0.3 is 6.03 Å². The molecule has 0 heterocycles. The van der Waals surface area contributed by atoms with Crippen LogP contribution in [-0.2, 0) is 0 Å². The molecule has 0 aliphatic rings. The van der Waals surface area contributed by atoms with Crippen LogP contribution >= 0.6 is 0 Å². The molecule has 0 aliphatic carbocycles. The van der Waals surface area contributed by atoms with Gasteiger partial charge < -0.3 is 20.6 Å². The first-order valence-corrected chi connectivity index (χ1v) is 6.32. The van der Waals surface area contributed by atoms with Gasteiger partial charge in [-0.25, -0.2) is 4.79 Å². The molecule has 1 atom stereocenters. The first-order valence-electron chi connectivity index (χ1n) is 6.32. The van der Waals surface area contributed by atoms with Gasteiger partial charge in [0.05, 0.1) is 12.6 Å². The van der Waals surface area contributed by atoms with E-state index >= 15 is 0 Å². The number of anilines is 2. The molecule has 0 radical (unpaired) electrons. The Balaban J connectivity index is 2.87. The fraction of sp³-hybridized carbons (Fsp3) is 0.500. The van der Waals surface area contributed by atoms with Crippen LogP contribution in [0.1, 0.15) is 18.1 Å².